The molecule has 2 heteroatoms. The lowest BCUT2D eigenvalue weighted by molar-refractivity contribution is 1.27. The number of benzene rings is 5. The number of aryl methyl sites for hydroxylation is 2. The van der Waals surface area contributed by atoms with Gasteiger partial charge in [-0.1, -0.05) is 91.0 Å². The van der Waals surface area contributed by atoms with Crippen LogP contribution in [0.25, 0.3) is 66.2 Å². The second kappa shape index (κ2) is 9.91. The van der Waals surface area contributed by atoms with Crippen molar-refractivity contribution in [3.8, 4) is 44.6 Å². The molecule has 0 fully saturated rings. The van der Waals surface area contributed by atoms with Crippen LogP contribution in [0.1, 0.15) is 11.1 Å². The van der Waals surface area contributed by atoms with Gasteiger partial charge in [0.05, 0.1) is 5.69 Å². The lowest BCUT2D eigenvalue weighted by Crippen LogP contribution is -1.92. The van der Waals surface area contributed by atoms with Crippen molar-refractivity contribution in [3.63, 3.8) is 0 Å². The summed E-state index contributed by atoms with van der Waals surface area (Å²) >= 11 is 0. The highest BCUT2D eigenvalue weighted by molar-refractivity contribution is 6.21. The van der Waals surface area contributed by atoms with Gasteiger partial charge in [-0.25, -0.2) is 0 Å². The average molecular weight is 513 g/mol. The van der Waals surface area contributed by atoms with Crippen molar-refractivity contribution in [3.05, 3.63) is 145 Å². The zero-order chi connectivity index (χ0) is 27.1. The molecule has 40 heavy (non-hydrogen) atoms. The van der Waals surface area contributed by atoms with Crippen LogP contribution in [-0.2, 0) is 0 Å². The third kappa shape index (κ3) is 4.15. The van der Waals surface area contributed by atoms with E-state index in [9.17, 15) is 0 Å². The molecule has 0 N–H and O–H groups in total. The summed E-state index contributed by atoms with van der Waals surface area (Å²) in [5, 5.41) is 5.01. The molecule has 5 aromatic carbocycles. The van der Waals surface area contributed by atoms with Crippen molar-refractivity contribution < 1.29 is 0 Å². The Morgan fingerprint density at radius 1 is 0.475 bits per heavy atom. The van der Waals surface area contributed by atoms with Crippen molar-refractivity contribution in [1.29, 1.82) is 0 Å². The van der Waals surface area contributed by atoms with Crippen molar-refractivity contribution in [2.45, 2.75) is 13.8 Å². The molecule has 2 heterocycles. The van der Waals surface area contributed by atoms with E-state index in [1.54, 1.807) is 0 Å². The summed E-state index contributed by atoms with van der Waals surface area (Å²) in [4.78, 5) is 8.91. The molecule has 2 nitrogen and oxygen atoms in total. The highest BCUT2D eigenvalue weighted by Crippen LogP contribution is 2.44. The molecule has 0 radical (unpaired) electrons. The Morgan fingerprint density at radius 2 is 1.07 bits per heavy atom. The number of pyridine rings is 2. The number of aromatic nitrogens is 2. The van der Waals surface area contributed by atoms with Gasteiger partial charge in [-0.3, -0.25) is 9.97 Å². The van der Waals surface area contributed by atoms with Gasteiger partial charge in [-0.15, -0.1) is 0 Å². The molecule has 0 saturated heterocycles. The van der Waals surface area contributed by atoms with E-state index in [0.29, 0.717) is 0 Å². The minimum atomic E-state index is 0.997. The average Bonchev–Trinajstić information content (AvgIpc) is 3.00. The maximum Gasteiger partial charge on any atom is 0.0704 e. The lowest BCUT2D eigenvalue weighted by Gasteiger charge is -2.18. The van der Waals surface area contributed by atoms with Gasteiger partial charge >= 0.3 is 0 Å². The summed E-state index contributed by atoms with van der Waals surface area (Å²) in [6.45, 7) is 4.22. The molecular formula is C38H28N2. The third-order valence-electron chi connectivity index (χ3n) is 7.80. The van der Waals surface area contributed by atoms with Gasteiger partial charge in [0.1, 0.15) is 0 Å². The second-order valence-corrected chi connectivity index (χ2v) is 10.4. The zero-order valence-electron chi connectivity index (χ0n) is 22.6. The first-order chi connectivity index (χ1) is 19.7. The van der Waals surface area contributed by atoms with Gasteiger partial charge in [0.2, 0.25) is 0 Å². The quantitative estimate of drug-likeness (QED) is 0.219. The molecule has 0 bridgehead atoms. The van der Waals surface area contributed by atoms with Crippen molar-refractivity contribution in [2.75, 3.05) is 0 Å². The maximum atomic E-state index is 4.65. The normalized spacial score (nSPS) is 11.2. The van der Waals surface area contributed by atoms with Crippen LogP contribution < -0.4 is 0 Å². The molecule has 0 saturated carbocycles. The fourth-order valence-electron chi connectivity index (χ4n) is 5.89. The van der Waals surface area contributed by atoms with Crippen molar-refractivity contribution >= 4 is 21.5 Å². The first-order valence-electron chi connectivity index (χ1n) is 13.7. The Morgan fingerprint density at radius 3 is 1.70 bits per heavy atom. The lowest BCUT2D eigenvalue weighted by atomic mass is 9.85. The highest BCUT2D eigenvalue weighted by Gasteiger charge is 2.17. The van der Waals surface area contributed by atoms with Crippen LogP contribution in [0.5, 0.6) is 0 Å². The number of hydrogen-bond acceptors (Lipinski definition) is 2. The first kappa shape index (κ1) is 24.0. The SMILES string of the molecule is Cc1ccnc(-c2cccc(-c3c4ccccc4c(-c4ccc(-c5ccncc5C)cc4)c4ccccc34)c2)c1. The molecule has 0 aliphatic rings. The number of hydrogen-bond donors (Lipinski definition) is 0. The largest absolute Gasteiger partial charge is 0.264 e. The molecule has 7 rings (SSSR count). The molecule has 0 aliphatic heterocycles. The van der Waals surface area contributed by atoms with Gasteiger partial charge < -0.3 is 0 Å². The van der Waals surface area contributed by atoms with Crippen LogP contribution in [0, 0.1) is 13.8 Å². The molecule has 0 amide bonds. The standard InChI is InChI=1S/C38H28N2/c1-25-18-21-40-36(22-25)29-8-7-9-30(23-29)38-34-12-5-3-10-32(34)37(33-11-4-6-13-35(33)38)28-16-14-27(15-17-28)31-19-20-39-24-26(31)2/h3-24H,1-2H3. The predicted molar refractivity (Wildman–Crippen MR) is 168 cm³/mol. The molecule has 0 spiro atoms. The summed E-state index contributed by atoms with van der Waals surface area (Å²) in [7, 11) is 0. The maximum absolute atomic E-state index is 4.65. The molecule has 190 valence electrons. The van der Waals surface area contributed by atoms with Gasteiger partial charge in [0, 0.05) is 24.2 Å². The van der Waals surface area contributed by atoms with Crippen LogP contribution in [0.4, 0.5) is 0 Å². The van der Waals surface area contributed by atoms with E-state index in [2.05, 4.69) is 133 Å². The first-order valence-corrected chi connectivity index (χ1v) is 13.7. The molecule has 7 aromatic rings. The summed E-state index contributed by atoms with van der Waals surface area (Å²) in [5.41, 5.74) is 11.9. The third-order valence-corrected chi connectivity index (χ3v) is 7.80. The van der Waals surface area contributed by atoms with Crippen molar-refractivity contribution in [2.24, 2.45) is 0 Å². The smallest absolute Gasteiger partial charge is 0.0704 e. The Labute approximate surface area is 234 Å². The molecule has 0 atom stereocenters. The van der Waals surface area contributed by atoms with E-state index >= 15 is 0 Å². The minimum Gasteiger partial charge on any atom is -0.264 e. The topological polar surface area (TPSA) is 25.8 Å². The fourth-order valence-corrected chi connectivity index (χ4v) is 5.89. The van der Waals surface area contributed by atoms with Crippen LogP contribution in [0.15, 0.2) is 134 Å². The van der Waals surface area contributed by atoms with E-state index in [0.717, 1.165) is 11.3 Å². The number of fused-ring (bicyclic) bond motifs is 2. The van der Waals surface area contributed by atoms with Gasteiger partial charge in [0.15, 0.2) is 0 Å². The van der Waals surface area contributed by atoms with Gasteiger partial charge in [-0.05, 0) is 104 Å². The van der Waals surface area contributed by atoms with Gasteiger partial charge in [0.25, 0.3) is 0 Å². The summed E-state index contributed by atoms with van der Waals surface area (Å²) in [5.74, 6) is 0. The van der Waals surface area contributed by atoms with Crippen LogP contribution in [0.2, 0.25) is 0 Å². The fraction of sp³-hybridized carbons (Fsp3) is 0.0526. The van der Waals surface area contributed by atoms with Crippen LogP contribution in [-0.4, -0.2) is 9.97 Å². The Balaban J connectivity index is 1.45. The van der Waals surface area contributed by atoms with E-state index in [1.165, 1.54) is 66.1 Å². The highest BCUT2D eigenvalue weighted by atomic mass is 14.7. The van der Waals surface area contributed by atoms with Gasteiger partial charge in [-0.2, -0.15) is 0 Å². The zero-order valence-corrected chi connectivity index (χ0v) is 22.6. The Kier molecular flexibility index (Phi) is 5.94. The van der Waals surface area contributed by atoms with E-state index in [-0.39, 0.29) is 0 Å². The Hall–Kier alpha value is -5.08. The monoisotopic (exact) mass is 512 g/mol. The Bertz CT molecular complexity index is 1960. The molecule has 0 unspecified atom stereocenters. The summed E-state index contributed by atoms with van der Waals surface area (Å²) in [6, 6.07) is 41.7. The summed E-state index contributed by atoms with van der Waals surface area (Å²) < 4.78 is 0. The van der Waals surface area contributed by atoms with E-state index in [1.807, 2.05) is 24.7 Å². The van der Waals surface area contributed by atoms with Crippen LogP contribution in [0.3, 0.4) is 0 Å². The van der Waals surface area contributed by atoms with Crippen molar-refractivity contribution in [1.82, 2.24) is 9.97 Å². The predicted octanol–water partition coefficient (Wildman–Crippen LogP) is 10.1. The summed E-state index contributed by atoms with van der Waals surface area (Å²) in [6.07, 6.45) is 5.67. The number of nitrogens with zero attached hydrogens (tertiary/aromatic N) is 2. The number of rotatable bonds is 4. The molecule has 2 aromatic heterocycles. The molecule has 0 aliphatic carbocycles. The molecular weight excluding hydrogens is 484 g/mol. The van der Waals surface area contributed by atoms with Crippen LogP contribution >= 0.6 is 0 Å². The van der Waals surface area contributed by atoms with E-state index < -0.39 is 0 Å². The van der Waals surface area contributed by atoms with E-state index in [4.69, 9.17) is 0 Å². The minimum absolute atomic E-state index is 0.997. The second-order valence-electron chi connectivity index (χ2n) is 10.4.